The van der Waals surface area contributed by atoms with Gasteiger partial charge in [0, 0.05) is 11.6 Å². The molecule has 0 aliphatic heterocycles. The highest BCUT2D eigenvalue weighted by molar-refractivity contribution is 7.99. The van der Waals surface area contributed by atoms with Crippen LogP contribution in [0.4, 0.5) is 0 Å². The van der Waals surface area contributed by atoms with E-state index < -0.39 is 5.25 Å². The lowest BCUT2D eigenvalue weighted by Gasteiger charge is -2.18. The topological polar surface area (TPSA) is 108 Å². The van der Waals surface area contributed by atoms with E-state index in [9.17, 15) is 15.2 Å². The van der Waals surface area contributed by atoms with E-state index in [4.69, 9.17) is 11.6 Å². The Labute approximate surface area is 199 Å². The van der Waals surface area contributed by atoms with Crippen LogP contribution in [0.25, 0.3) is 27.5 Å². The second-order valence-electron chi connectivity index (χ2n) is 8.10. The fourth-order valence-electron chi connectivity index (χ4n) is 3.51. The number of nitrogens with zero attached hydrogens (tertiary/aromatic N) is 4. The number of H-pyrrole nitrogens is 1. The number of aliphatic hydroxyl groups is 1. The van der Waals surface area contributed by atoms with Crippen molar-refractivity contribution in [3.05, 3.63) is 69.4 Å². The molecular weight excluding hydrogens is 458 g/mol. The molecule has 1 unspecified atom stereocenters. The Morgan fingerprint density at radius 2 is 1.97 bits per heavy atom. The standard InChI is InChI=1S/C24H22ClN5O2S/c1-13(2)12-30-23(32)16-10-15(25)8-9-18(16)29-24(30)33-14(3)21(31)17(11-26)22-27-19-6-4-5-7-20(19)28-22/h4-10,13-14,31H,12H2,1-3H3,(H,27,28)/b21-17-. The smallest absolute Gasteiger partial charge is 0.262 e. The fraction of sp³-hybridized carbons (Fsp3) is 0.250. The number of thioether (sulfide) groups is 1. The number of nitriles is 1. The SMILES string of the molecule is CC(C)Cn1c(SC(C)/C(O)=C(\C#N)c2nc3ccccc3[nH]2)nc2ccc(Cl)cc2c1=O. The predicted molar refractivity (Wildman–Crippen MR) is 132 cm³/mol. The zero-order valence-corrected chi connectivity index (χ0v) is 19.9. The van der Waals surface area contributed by atoms with E-state index >= 15 is 0 Å². The number of imidazole rings is 1. The molecule has 7 nitrogen and oxygen atoms in total. The maximum Gasteiger partial charge on any atom is 0.262 e. The summed E-state index contributed by atoms with van der Waals surface area (Å²) in [4.78, 5) is 25.4. The molecule has 0 radical (unpaired) electrons. The molecule has 2 aromatic heterocycles. The van der Waals surface area contributed by atoms with E-state index in [1.54, 1.807) is 29.7 Å². The van der Waals surface area contributed by atoms with Gasteiger partial charge in [0.1, 0.15) is 17.4 Å². The lowest BCUT2D eigenvalue weighted by Crippen LogP contribution is -2.26. The summed E-state index contributed by atoms with van der Waals surface area (Å²) in [7, 11) is 0. The Balaban J connectivity index is 1.76. The fourth-order valence-corrected chi connectivity index (χ4v) is 4.66. The minimum atomic E-state index is -0.553. The van der Waals surface area contributed by atoms with Crippen LogP contribution < -0.4 is 5.56 Å². The minimum Gasteiger partial charge on any atom is -0.510 e. The maximum atomic E-state index is 13.2. The van der Waals surface area contributed by atoms with Gasteiger partial charge in [0.15, 0.2) is 11.0 Å². The number of para-hydroxylation sites is 2. The number of aromatic nitrogens is 4. The molecule has 0 saturated heterocycles. The van der Waals surface area contributed by atoms with Crippen LogP contribution in [0.3, 0.4) is 0 Å². The van der Waals surface area contributed by atoms with Crippen molar-refractivity contribution in [1.82, 2.24) is 19.5 Å². The summed E-state index contributed by atoms with van der Waals surface area (Å²) in [5.41, 5.74) is 1.87. The van der Waals surface area contributed by atoms with E-state index in [-0.39, 0.29) is 22.8 Å². The molecule has 2 aromatic carbocycles. The Bertz CT molecular complexity index is 1450. The number of nitrogens with one attached hydrogen (secondary N) is 1. The third-order valence-electron chi connectivity index (χ3n) is 5.09. The monoisotopic (exact) mass is 479 g/mol. The van der Waals surface area contributed by atoms with Gasteiger partial charge in [0.2, 0.25) is 0 Å². The molecule has 0 aliphatic carbocycles. The maximum absolute atomic E-state index is 13.2. The summed E-state index contributed by atoms with van der Waals surface area (Å²) in [6.45, 7) is 6.25. The first-order chi connectivity index (χ1) is 15.8. The highest BCUT2D eigenvalue weighted by Crippen LogP contribution is 2.30. The van der Waals surface area contributed by atoms with Crippen molar-refractivity contribution in [3.63, 3.8) is 0 Å². The molecule has 1 atom stereocenters. The Hall–Kier alpha value is -3.28. The molecule has 9 heteroatoms. The van der Waals surface area contributed by atoms with Gasteiger partial charge >= 0.3 is 0 Å². The zero-order chi connectivity index (χ0) is 23.7. The molecule has 0 amide bonds. The van der Waals surface area contributed by atoms with Crippen molar-refractivity contribution in [1.29, 1.82) is 5.26 Å². The largest absolute Gasteiger partial charge is 0.510 e. The van der Waals surface area contributed by atoms with Gasteiger partial charge in [-0.1, -0.05) is 49.3 Å². The number of fused-ring (bicyclic) bond motifs is 2. The van der Waals surface area contributed by atoms with Gasteiger partial charge in [-0.3, -0.25) is 9.36 Å². The number of hydrogen-bond donors (Lipinski definition) is 2. The van der Waals surface area contributed by atoms with Gasteiger partial charge in [-0.15, -0.1) is 0 Å². The van der Waals surface area contributed by atoms with Crippen molar-refractivity contribution in [2.24, 2.45) is 5.92 Å². The van der Waals surface area contributed by atoms with Gasteiger partial charge in [0.05, 0.1) is 27.2 Å². The highest BCUT2D eigenvalue weighted by Gasteiger charge is 2.22. The van der Waals surface area contributed by atoms with Crippen LogP contribution in [-0.4, -0.2) is 29.9 Å². The van der Waals surface area contributed by atoms with E-state index in [2.05, 4.69) is 21.0 Å². The van der Waals surface area contributed by atoms with E-state index in [1.165, 1.54) is 11.8 Å². The quantitative estimate of drug-likeness (QED) is 0.162. The first-order valence-electron chi connectivity index (χ1n) is 10.4. The van der Waals surface area contributed by atoms with Gasteiger partial charge in [-0.05, 0) is 43.2 Å². The Morgan fingerprint density at radius 3 is 2.67 bits per heavy atom. The summed E-state index contributed by atoms with van der Waals surface area (Å²) in [6, 6.07) is 14.5. The summed E-state index contributed by atoms with van der Waals surface area (Å²) in [5.74, 6) is 0.359. The number of halogens is 1. The van der Waals surface area contributed by atoms with Crippen molar-refractivity contribution in [2.45, 2.75) is 37.7 Å². The normalized spacial score (nSPS) is 13.3. The highest BCUT2D eigenvalue weighted by atomic mass is 35.5. The molecular formula is C24H22ClN5O2S. The van der Waals surface area contributed by atoms with E-state index in [0.29, 0.717) is 39.0 Å². The molecule has 0 aliphatic rings. The molecule has 4 aromatic rings. The van der Waals surface area contributed by atoms with Crippen LogP contribution in [-0.2, 0) is 6.54 Å². The molecule has 0 saturated carbocycles. The summed E-state index contributed by atoms with van der Waals surface area (Å²) in [5, 5.41) is 21.5. The van der Waals surface area contributed by atoms with E-state index in [0.717, 1.165) is 5.52 Å². The Morgan fingerprint density at radius 1 is 1.21 bits per heavy atom. The lowest BCUT2D eigenvalue weighted by molar-refractivity contribution is 0.401. The van der Waals surface area contributed by atoms with Gasteiger partial charge in [-0.2, -0.15) is 5.26 Å². The number of aliphatic hydroxyl groups excluding tert-OH is 1. The first kappa shape index (κ1) is 22.9. The summed E-state index contributed by atoms with van der Waals surface area (Å²) in [6.07, 6.45) is 0. The Kier molecular flexibility index (Phi) is 6.45. The van der Waals surface area contributed by atoms with Crippen LogP contribution in [0.2, 0.25) is 5.02 Å². The first-order valence-corrected chi connectivity index (χ1v) is 11.7. The van der Waals surface area contributed by atoms with Crippen LogP contribution in [0.5, 0.6) is 0 Å². The molecule has 0 fully saturated rings. The van der Waals surface area contributed by atoms with Crippen LogP contribution in [0, 0.1) is 17.2 Å². The van der Waals surface area contributed by atoms with Gasteiger partial charge in [-0.25, -0.2) is 9.97 Å². The predicted octanol–water partition coefficient (Wildman–Crippen LogP) is 5.56. The van der Waals surface area contributed by atoms with Crippen LogP contribution in [0.1, 0.15) is 26.6 Å². The third-order valence-corrected chi connectivity index (χ3v) is 6.42. The second kappa shape index (κ2) is 9.30. The average molecular weight is 480 g/mol. The molecule has 168 valence electrons. The van der Waals surface area contributed by atoms with Gasteiger partial charge < -0.3 is 10.1 Å². The van der Waals surface area contributed by atoms with Gasteiger partial charge in [0.25, 0.3) is 5.56 Å². The van der Waals surface area contributed by atoms with Crippen molar-refractivity contribution >= 4 is 50.9 Å². The molecule has 2 N–H and O–H groups in total. The second-order valence-corrected chi connectivity index (χ2v) is 9.84. The number of aromatic amines is 1. The van der Waals surface area contributed by atoms with Crippen molar-refractivity contribution < 1.29 is 5.11 Å². The third kappa shape index (κ3) is 4.61. The molecule has 0 bridgehead atoms. The zero-order valence-electron chi connectivity index (χ0n) is 18.3. The summed E-state index contributed by atoms with van der Waals surface area (Å²) >= 11 is 7.31. The average Bonchev–Trinajstić information content (AvgIpc) is 3.21. The van der Waals surface area contributed by atoms with E-state index in [1.807, 2.05) is 38.1 Å². The number of allylic oxidation sites excluding steroid dienone is 1. The number of hydrogen-bond acceptors (Lipinski definition) is 6. The van der Waals surface area contributed by atoms with Crippen molar-refractivity contribution in [2.75, 3.05) is 0 Å². The van der Waals surface area contributed by atoms with Crippen molar-refractivity contribution in [3.8, 4) is 6.07 Å². The molecule has 2 heterocycles. The molecule has 33 heavy (non-hydrogen) atoms. The van der Waals surface area contributed by atoms with Crippen LogP contribution in [0.15, 0.2) is 58.2 Å². The number of rotatable bonds is 6. The molecule has 4 rings (SSSR count). The van der Waals surface area contributed by atoms with Crippen LogP contribution >= 0.6 is 23.4 Å². The lowest BCUT2D eigenvalue weighted by atomic mass is 10.2. The number of benzene rings is 2. The minimum absolute atomic E-state index is 0.0523. The summed E-state index contributed by atoms with van der Waals surface area (Å²) < 4.78 is 1.60. The molecule has 0 spiro atoms.